The molecule has 1 aromatic carbocycles. The summed E-state index contributed by atoms with van der Waals surface area (Å²) in [5, 5.41) is 11.7. The number of hydrogen-bond acceptors (Lipinski definition) is 10. The van der Waals surface area contributed by atoms with Crippen LogP contribution in [0, 0.1) is 5.92 Å². The second kappa shape index (κ2) is 15.3. The Bertz CT molecular complexity index is 1680. The highest BCUT2D eigenvalue weighted by Crippen LogP contribution is 2.30. The zero-order valence-corrected chi connectivity index (χ0v) is 29.1. The first-order valence-electron chi connectivity index (χ1n) is 15.1. The molecule has 13 nitrogen and oxygen atoms in total. The Balaban J connectivity index is 1.68. The zero-order chi connectivity index (χ0) is 33.6. The minimum atomic E-state index is -4.04. The number of imidazole rings is 1. The molecule has 0 fully saturated rings. The molecule has 2 aromatic heterocycles. The van der Waals surface area contributed by atoms with E-state index in [9.17, 15) is 26.7 Å². The summed E-state index contributed by atoms with van der Waals surface area (Å²) < 4.78 is 70.5. The van der Waals surface area contributed by atoms with Gasteiger partial charge < -0.3 is 24.0 Å². The minimum absolute atomic E-state index is 0.0620. The van der Waals surface area contributed by atoms with E-state index in [2.05, 4.69) is 9.71 Å². The highest BCUT2D eigenvalue weighted by Gasteiger charge is 2.33. The number of carbonyl (C=O) groups is 1. The minimum Gasteiger partial charge on any atom is -0.490 e. The van der Waals surface area contributed by atoms with Crippen LogP contribution in [-0.4, -0.2) is 98.2 Å². The number of fused-ring (bicyclic) bond motifs is 1. The maximum Gasteiger partial charge on any atom is 0.280 e. The number of amides is 1. The molecule has 0 saturated heterocycles. The van der Waals surface area contributed by atoms with Crippen molar-refractivity contribution in [3.8, 4) is 5.75 Å². The summed E-state index contributed by atoms with van der Waals surface area (Å²) in [7, 11) is -4.61. The van der Waals surface area contributed by atoms with Crippen LogP contribution < -0.4 is 9.46 Å². The molecule has 3 heterocycles. The van der Waals surface area contributed by atoms with Crippen molar-refractivity contribution in [3.05, 3.63) is 53.8 Å². The lowest BCUT2D eigenvalue weighted by atomic mass is 10.0. The van der Waals surface area contributed by atoms with Crippen molar-refractivity contribution in [2.24, 2.45) is 13.0 Å². The van der Waals surface area contributed by atoms with Crippen LogP contribution in [0.15, 0.2) is 57.5 Å². The number of likely N-dealkylation sites (N-methyl/N-ethyl adjacent to an activating group) is 1. The highest BCUT2D eigenvalue weighted by molar-refractivity contribution is 7.92. The van der Waals surface area contributed by atoms with Crippen molar-refractivity contribution in [2.45, 2.75) is 67.5 Å². The van der Waals surface area contributed by atoms with Crippen molar-refractivity contribution < 1.29 is 36.2 Å². The molecule has 254 valence electrons. The maximum absolute atomic E-state index is 14.3. The Kier molecular flexibility index (Phi) is 11.9. The van der Waals surface area contributed by atoms with Crippen LogP contribution in [0.1, 0.15) is 50.4 Å². The summed E-state index contributed by atoms with van der Waals surface area (Å²) in [6, 6.07) is 7.13. The summed E-state index contributed by atoms with van der Waals surface area (Å²) in [6.45, 7) is 5.71. The molecule has 0 aliphatic carbocycles. The average molecular weight is 698 g/mol. The number of rotatable bonds is 9. The maximum atomic E-state index is 14.3. The quantitative estimate of drug-likeness (QED) is 0.342. The van der Waals surface area contributed by atoms with Crippen LogP contribution in [-0.2, 0) is 31.8 Å². The second-order valence-electron chi connectivity index (χ2n) is 11.7. The molecule has 46 heavy (non-hydrogen) atoms. The molecule has 0 bridgehead atoms. The van der Waals surface area contributed by atoms with E-state index >= 15 is 0 Å². The number of thiophene rings is 1. The number of aliphatic hydroxyl groups excluding tert-OH is 1. The first-order chi connectivity index (χ1) is 21.7. The van der Waals surface area contributed by atoms with Gasteiger partial charge in [-0.2, -0.15) is 12.7 Å². The number of anilines is 1. The van der Waals surface area contributed by atoms with E-state index in [4.69, 9.17) is 9.47 Å². The number of aliphatic hydroxyl groups is 1. The number of benzene rings is 1. The molecule has 0 unspecified atom stereocenters. The van der Waals surface area contributed by atoms with Crippen molar-refractivity contribution in [3.63, 3.8) is 0 Å². The summed E-state index contributed by atoms with van der Waals surface area (Å²) in [5.41, 5.74) is 0.258. The fourth-order valence-electron chi connectivity index (χ4n) is 5.10. The number of nitrogens with zero attached hydrogens (tertiary/aromatic N) is 4. The van der Waals surface area contributed by atoms with E-state index in [-0.39, 0.29) is 58.0 Å². The van der Waals surface area contributed by atoms with E-state index in [1.165, 1.54) is 45.5 Å². The van der Waals surface area contributed by atoms with Gasteiger partial charge in [0.15, 0.2) is 5.03 Å². The molecule has 4 atom stereocenters. The molecule has 2 N–H and O–H groups in total. The Hall–Kier alpha value is -3.02. The van der Waals surface area contributed by atoms with E-state index in [1.807, 2.05) is 13.8 Å². The van der Waals surface area contributed by atoms with Crippen LogP contribution in [0.25, 0.3) is 0 Å². The topological polar surface area (TPSA) is 160 Å². The zero-order valence-electron chi connectivity index (χ0n) is 26.7. The lowest BCUT2D eigenvalue weighted by molar-refractivity contribution is -0.00832. The summed E-state index contributed by atoms with van der Waals surface area (Å²) in [6.07, 6.45) is 4.05. The van der Waals surface area contributed by atoms with Crippen molar-refractivity contribution in [1.29, 1.82) is 0 Å². The van der Waals surface area contributed by atoms with Crippen LogP contribution in [0.4, 0.5) is 5.69 Å². The van der Waals surface area contributed by atoms with Gasteiger partial charge in [0.1, 0.15) is 9.96 Å². The first-order valence-corrected chi connectivity index (χ1v) is 18.9. The molecular weight excluding hydrogens is 655 g/mol. The SMILES string of the molecule is C[C@H]1CCCCO[C@H](CN(C)S(=O)(=O)c2cccs2)[C@@H](C)CN([C@@H](C)CO)C(=O)c2cc(NS(=O)(=O)c3cn(C)cn3)ccc2O1. The van der Waals surface area contributed by atoms with E-state index in [0.717, 1.165) is 24.2 Å². The lowest BCUT2D eigenvalue weighted by Gasteiger charge is -2.35. The molecule has 0 saturated carbocycles. The molecule has 4 rings (SSSR count). The largest absolute Gasteiger partial charge is 0.490 e. The van der Waals surface area contributed by atoms with E-state index in [1.54, 1.807) is 37.6 Å². The molecule has 3 aromatic rings. The van der Waals surface area contributed by atoms with Crippen LogP contribution >= 0.6 is 11.3 Å². The lowest BCUT2D eigenvalue weighted by Crippen LogP contribution is -2.48. The molecule has 1 aliphatic heterocycles. The third-order valence-electron chi connectivity index (χ3n) is 7.86. The monoisotopic (exact) mass is 697 g/mol. The summed E-state index contributed by atoms with van der Waals surface area (Å²) in [5.74, 6) is -0.548. The first kappa shape index (κ1) is 35.8. The van der Waals surface area contributed by atoms with Gasteiger partial charge in [0.25, 0.3) is 26.0 Å². The number of nitrogens with one attached hydrogen (secondary N) is 1. The summed E-state index contributed by atoms with van der Waals surface area (Å²) in [4.78, 5) is 19.7. The van der Waals surface area contributed by atoms with Gasteiger partial charge in [-0.1, -0.05) is 13.0 Å². The van der Waals surface area contributed by atoms with Crippen LogP contribution in [0.3, 0.4) is 0 Å². The standard InChI is InChI=1S/C30H43N5O8S3/c1-21-16-35(22(2)19-36)30(37)25-15-24(32-45(38,39)28-18-33(4)20-31-28)11-12-26(25)43-23(3)9-6-7-13-42-27(21)17-34(5)46(40,41)29-10-8-14-44-29/h8,10-12,14-15,18,20-23,27,32,36H,6-7,9,13,16-17,19H2,1-5H3/t21-,22-,23-,27+/m0/s1. The summed E-state index contributed by atoms with van der Waals surface area (Å²) >= 11 is 1.14. The van der Waals surface area contributed by atoms with E-state index in [0.29, 0.717) is 13.0 Å². The average Bonchev–Trinajstić information content (AvgIpc) is 3.71. The van der Waals surface area contributed by atoms with Gasteiger partial charge in [-0.15, -0.1) is 11.3 Å². The number of hydrogen-bond donors (Lipinski definition) is 2. The van der Waals surface area contributed by atoms with Crippen molar-refractivity contribution in [2.75, 3.05) is 38.1 Å². The molecule has 0 radical (unpaired) electrons. The highest BCUT2D eigenvalue weighted by atomic mass is 32.2. The predicted octanol–water partition coefficient (Wildman–Crippen LogP) is 3.40. The Labute approximate surface area is 275 Å². The Morgan fingerprint density at radius 2 is 1.96 bits per heavy atom. The third-order valence-corrected chi connectivity index (χ3v) is 12.3. The van der Waals surface area contributed by atoms with Gasteiger partial charge in [0.2, 0.25) is 0 Å². The Morgan fingerprint density at radius 3 is 2.61 bits per heavy atom. The molecular formula is C30H43N5O8S3. The number of carbonyl (C=O) groups excluding carboxylic acids is 1. The van der Waals surface area contributed by atoms with Crippen LogP contribution in [0.2, 0.25) is 0 Å². The van der Waals surface area contributed by atoms with Gasteiger partial charge >= 0.3 is 0 Å². The normalized spacial score (nSPS) is 21.3. The number of ether oxygens (including phenoxy) is 2. The molecule has 1 amide bonds. The number of aryl methyl sites for hydroxylation is 1. The van der Waals surface area contributed by atoms with Gasteiger partial charge in [-0.25, -0.2) is 13.4 Å². The third kappa shape index (κ3) is 8.66. The molecule has 16 heteroatoms. The molecule has 1 aliphatic rings. The smallest absolute Gasteiger partial charge is 0.280 e. The van der Waals surface area contributed by atoms with Gasteiger partial charge in [0.05, 0.1) is 36.7 Å². The number of sulfonamides is 2. The number of aromatic nitrogens is 2. The van der Waals surface area contributed by atoms with Gasteiger partial charge in [-0.3, -0.25) is 9.52 Å². The van der Waals surface area contributed by atoms with E-state index < -0.39 is 38.1 Å². The predicted molar refractivity (Wildman–Crippen MR) is 175 cm³/mol. The second-order valence-corrected chi connectivity index (χ2v) is 16.6. The van der Waals surface area contributed by atoms with Crippen molar-refractivity contribution in [1.82, 2.24) is 18.8 Å². The fraction of sp³-hybridized carbons (Fsp3) is 0.533. The Morgan fingerprint density at radius 1 is 1.20 bits per heavy atom. The van der Waals surface area contributed by atoms with Gasteiger partial charge in [-0.05, 0) is 62.8 Å². The van der Waals surface area contributed by atoms with Gasteiger partial charge in [0, 0.05) is 51.6 Å². The van der Waals surface area contributed by atoms with Crippen LogP contribution in [0.5, 0.6) is 5.75 Å². The van der Waals surface area contributed by atoms with Crippen molar-refractivity contribution >= 4 is 43.0 Å². The fourth-order valence-corrected chi connectivity index (χ4v) is 8.52. The molecule has 0 spiro atoms.